The summed E-state index contributed by atoms with van der Waals surface area (Å²) in [6.07, 6.45) is 3.62. The molecule has 0 aliphatic rings. The van der Waals surface area contributed by atoms with Crippen molar-refractivity contribution in [2.75, 3.05) is 7.11 Å². The zero-order chi connectivity index (χ0) is 8.27. The summed E-state index contributed by atoms with van der Waals surface area (Å²) in [5.74, 6) is -0.280. The highest BCUT2D eigenvalue weighted by Crippen LogP contribution is 2.00. The number of hydrogen-bond acceptors (Lipinski definition) is 2. The van der Waals surface area contributed by atoms with Gasteiger partial charge in [-0.2, -0.15) is 0 Å². The van der Waals surface area contributed by atoms with Crippen molar-refractivity contribution in [3.05, 3.63) is 24.0 Å². The van der Waals surface area contributed by atoms with Crippen LogP contribution in [0, 0.1) is 0 Å². The van der Waals surface area contributed by atoms with Crippen LogP contribution in [0.5, 0.6) is 0 Å². The summed E-state index contributed by atoms with van der Waals surface area (Å²) in [6, 6.07) is 1.75. The van der Waals surface area contributed by atoms with Gasteiger partial charge in [-0.15, -0.1) is 0 Å². The van der Waals surface area contributed by atoms with E-state index in [0.717, 1.165) is 7.41 Å². The van der Waals surface area contributed by atoms with E-state index in [0.29, 0.717) is 5.56 Å². The molecule has 3 nitrogen and oxygen atoms in total. The van der Waals surface area contributed by atoms with E-state index in [1.165, 1.54) is 7.11 Å². The molecular formula is C7H10BNO2. The van der Waals surface area contributed by atoms with E-state index < -0.39 is 0 Å². The van der Waals surface area contributed by atoms with Gasteiger partial charge in [-0.1, -0.05) is 6.82 Å². The Kier molecular flexibility index (Phi) is 2.36. The number of rotatable bonds is 2. The van der Waals surface area contributed by atoms with Crippen LogP contribution >= 0.6 is 0 Å². The minimum absolute atomic E-state index is 0.280. The van der Waals surface area contributed by atoms with Crippen LogP contribution in [0.25, 0.3) is 0 Å². The molecule has 4 heteroatoms. The Morgan fingerprint density at radius 3 is 2.91 bits per heavy atom. The maximum absolute atomic E-state index is 10.9. The lowest BCUT2D eigenvalue weighted by molar-refractivity contribution is 0.0601. The van der Waals surface area contributed by atoms with Gasteiger partial charge in [0.1, 0.15) is 0 Å². The molecule has 1 aromatic rings. The van der Waals surface area contributed by atoms with Crippen molar-refractivity contribution in [1.29, 1.82) is 0 Å². The highest BCUT2D eigenvalue weighted by atomic mass is 16.5. The Balaban J connectivity index is 2.80. The molecule has 0 aliphatic heterocycles. The lowest BCUT2D eigenvalue weighted by atomic mass is 10.0. The third-order valence-corrected chi connectivity index (χ3v) is 1.54. The molecule has 0 atom stereocenters. The van der Waals surface area contributed by atoms with Gasteiger partial charge in [0.15, 0.2) is 0 Å². The number of carbonyl (C=O) groups excluding carboxylic acids is 1. The van der Waals surface area contributed by atoms with Gasteiger partial charge >= 0.3 is 5.97 Å². The summed E-state index contributed by atoms with van der Waals surface area (Å²) < 4.78 is 6.46. The molecule has 0 N–H and O–H groups in total. The van der Waals surface area contributed by atoms with E-state index >= 15 is 0 Å². The quantitative estimate of drug-likeness (QED) is 0.455. The average Bonchev–Trinajstić information content (AvgIpc) is 2.50. The van der Waals surface area contributed by atoms with Crippen molar-refractivity contribution in [3.63, 3.8) is 0 Å². The van der Waals surface area contributed by atoms with Gasteiger partial charge in [0.25, 0.3) is 0 Å². The molecule has 0 aromatic carbocycles. The van der Waals surface area contributed by atoms with Crippen LogP contribution in [0.3, 0.4) is 0 Å². The average molecular weight is 151 g/mol. The summed E-state index contributed by atoms with van der Waals surface area (Å²) in [5.41, 5.74) is 0.606. The second-order valence-corrected chi connectivity index (χ2v) is 2.22. The van der Waals surface area contributed by atoms with Gasteiger partial charge in [-0.05, 0) is 12.3 Å². The second-order valence-electron chi connectivity index (χ2n) is 2.22. The van der Waals surface area contributed by atoms with Crippen LogP contribution in [0.1, 0.15) is 10.4 Å². The van der Waals surface area contributed by atoms with Crippen LogP contribution < -0.4 is 0 Å². The number of aromatic nitrogens is 1. The molecule has 0 fully saturated rings. The van der Waals surface area contributed by atoms with E-state index in [9.17, 15) is 4.79 Å². The van der Waals surface area contributed by atoms with Crippen molar-refractivity contribution < 1.29 is 9.53 Å². The van der Waals surface area contributed by atoms with Crippen LogP contribution in [0.15, 0.2) is 18.5 Å². The Hall–Kier alpha value is -1.19. The van der Waals surface area contributed by atoms with Crippen LogP contribution in [-0.4, -0.2) is 25.0 Å². The summed E-state index contributed by atoms with van der Waals surface area (Å²) in [7, 11) is 2.25. The monoisotopic (exact) mass is 151 g/mol. The normalized spacial score (nSPS) is 9.27. The molecule has 1 rings (SSSR count). The Bertz CT molecular complexity index is 257. The largest absolute Gasteiger partial charge is 0.465 e. The molecular weight excluding hydrogens is 141 g/mol. The molecule has 0 saturated carbocycles. The number of carbonyl (C=O) groups is 1. The minimum atomic E-state index is -0.280. The van der Waals surface area contributed by atoms with E-state index in [-0.39, 0.29) is 5.97 Å². The van der Waals surface area contributed by atoms with Crippen molar-refractivity contribution in [3.8, 4) is 0 Å². The van der Waals surface area contributed by atoms with Gasteiger partial charge in [0.05, 0.1) is 12.7 Å². The van der Waals surface area contributed by atoms with Gasteiger partial charge < -0.3 is 9.21 Å². The molecule has 58 valence electrons. The Morgan fingerprint density at radius 2 is 2.45 bits per heavy atom. The van der Waals surface area contributed by atoms with Gasteiger partial charge in [-0.25, -0.2) is 4.79 Å². The molecule has 1 heterocycles. The van der Waals surface area contributed by atoms with Crippen LogP contribution in [0.4, 0.5) is 0 Å². The lowest BCUT2D eigenvalue weighted by Crippen LogP contribution is -2.01. The molecule has 0 bridgehead atoms. The summed E-state index contributed by atoms with van der Waals surface area (Å²) in [6.45, 7) is 2.01. The number of hydrogen-bond donors (Lipinski definition) is 0. The van der Waals surface area contributed by atoms with Crippen LogP contribution in [0.2, 0.25) is 6.82 Å². The predicted molar refractivity (Wildman–Crippen MR) is 44.2 cm³/mol. The fraction of sp³-hybridized carbons (Fsp3) is 0.286. The van der Waals surface area contributed by atoms with Crippen molar-refractivity contribution in [2.24, 2.45) is 0 Å². The van der Waals surface area contributed by atoms with Gasteiger partial charge in [0.2, 0.25) is 7.41 Å². The predicted octanol–water partition coefficient (Wildman–Crippen LogP) is 0.522. The highest BCUT2D eigenvalue weighted by Gasteiger charge is 2.05. The second kappa shape index (κ2) is 3.28. The SMILES string of the molecule is CBn1ccc(C(=O)OC)c1. The topological polar surface area (TPSA) is 31.2 Å². The number of methoxy groups -OCH3 is 1. The first-order chi connectivity index (χ1) is 5.27. The fourth-order valence-electron chi connectivity index (χ4n) is 0.876. The zero-order valence-electron chi connectivity index (χ0n) is 6.70. The Labute approximate surface area is 66.2 Å². The van der Waals surface area contributed by atoms with E-state index in [4.69, 9.17) is 0 Å². The molecule has 11 heavy (non-hydrogen) atoms. The standard InChI is InChI=1S/C7H10BNO2/c1-8-9-4-3-6(5-9)7(10)11-2/h3-5,8H,1-2H3. The Morgan fingerprint density at radius 1 is 1.73 bits per heavy atom. The first-order valence-corrected chi connectivity index (χ1v) is 3.52. The zero-order valence-corrected chi connectivity index (χ0v) is 6.70. The molecule has 0 aliphatic carbocycles. The molecule has 0 amide bonds. The fourth-order valence-corrected chi connectivity index (χ4v) is 0.876. The number of esters is 1. The summed E-state index contributed by atoms with van der Waals surface area (Å²) in [4.78, 5) is 10.9. The number of ether oxygens (including phenoxy) is 1. The number of nitrogens with zero attached hydrogens (tertiary/aromatic N) is 1. The first kappa shape index (κ1) is 7.92. The first-order valence-electron chi connectivity index (χ1n) is 3.52. The molecule has 0 unspecified atom stereocenters. The molecule has 0 radical (unpaired) electrons. The summed E-state index contributed by atoms with van der Waals surface area (Å²) in [5, 5.41) is 0. The van der Waals surface area contributed by atoms with Crippen molar-refractivity contribution in [2.45, 2.75) is 6.82 Å². The third kappa shape index (κ3) is 1.64. The lowest BCUT2D eigenvalue weighted by Gasteiger charge is -1.93. The summed E-state index contributed by atoms with van der Waals surface area (Å²) >= 11 is 0. The van der Waals surface area contributed by atoms with Crippen LogP contribution in [-0.2, 0) is 4.74 Å². The van der Waals surface area contributed by atoms with Gasteiger partial charge in [0, 0.05) is 6.20 Å². The van der Waals surface area contributed by atoms with E-state index in [1.54, 1.807) is 12.3 Å². The maximum Gasteiger partial charge on any atom is 0.339 e. The minimum Gasteiger partial charge on any atom is -0.465 e. The van der Waals surface area contributed by atoms with E-state index in [1.807, 2.05) is 17.5 Å². The van der Waals surface area contributed by atoms with Gasteiger partial charge in [-0.3, -0.25) is 0 Å². The maximum atomic E-state index is 10.9. The van der Waals surface area contributed by atoms with E-state index in [2.05, 4.69) is 4.74 Å². The third-order valence-electron chi connectivity index (χ3n) is 1.54. The van der Waals surface area contributed by atoms with Crippen molar-refractivity contribution in [1.82, 2.24) is 4.48 Å². The highest BCUT2D eigenvalue weighted by molar-refractivity contribution is 6.31. The smallest absolute Gasteiger partial charge is 0.339 e. The molecule has 0 saturated heterocycles. The molecule has 0 spiro atoms. The van der Waals surface area contributed by atoms with Crippen molar-refractivity contribution >= 4 is 13.4 Å². The molecule has 1 aromatic heterocycles.